The normalized spacial score (nSPS) is 14.7. The molecule has 0 aromatic heterocycles. The van der Waals surface area contributed by atoms with Gasteiger partial charge in [-0.3, -0.25) is 4.79 Å². The van der Waals surface area contributed by atoms with Crippen LogP contribution in [0.1, 0.15) is 35.2 Å². The minimum atomic E-state index is 0.120. The van der Waals surface area contributed by atoms with E-state index in [1.54, 1.807) is 7.11 Å². The number of nitrogens with zero attached hydrogens (tertiary/aromatic N) is 1. The number of piperidine rings is 1. The van der Waals surface area contributed by atoms with Crippen molar-refractivity contribution in [1.82, 2.24) is 4.90 Å². The van der Waals surface area contributed by atoms with Crippen LogP contribution in [0.2, 0.25) is 5.02 Å². The van der Waals surface area contributed by atoms with E-state index in [0.29, 0.717) is 11.6 Å². The molecule has 1 aliphatic heterocycles. The molecule has 3 rings (SSSR count). The Labute approximate surface area is 148 Å². The fourth-order valence-corrected chi connectivity index (χ4v) is 3.32. The summed E-state index contributed by atoms with van der Waals surface area (Å²) in [5, 5.41) is 0.712. The zero-order valence-corrected chi connectivity index (χ0v) is 14.7. The van der Waals surface area contributed by atoms with E-state index < -0.39 is 0 Å². The van der Waals surface area contributed by atoms with Crippen molar-refractivity contribution in [2.24, 2.45) is 0 Å². The van der Waals surface area contributed by atoms with Crippen LogP contribution in [0.15, 0.2) is 42.5 Å². The lowest BCUT2D eigenvalue weighted by atomic mass is 9.97. The van der Waals surface area contributed by atoms with Crippen molar-refractivity contribution in [3.63, 3.8) is 0 Å². The first-order chi connectivity index (χ1) is 11.7. The Morgan fingerprint density at radius 3 is 2.46 bits per heavy atom. The summed E-state index contributed by atoms with van der Waals surface area (Å²) in [5.74, 6) is 0.120. The van der Waals surface area contributed by atoms with Gasteiger partial charge in [-0.05, 0) is 60.2 Å². The summed E-state index contributed by atoms with van der Waals surface area (Å²) in [5.41, 5.74) is 3.90. The molecule has 0 radical (unpaired) electrons. The number of methoxy groups -OCH3 is 1. The van der Waals surface area contributed by atoms with E-state index in [4.69, 9.17) is 16.3 Å². The molecule has 0 spiro atoms. The number of halogens is 1. The molecule has 1 aliphatic rings. The van der Waals surface area contributed by atoms with Crippen LogP contribution in [0.3, 0.4) is 0 Å². The van der Waals surface area contributed by atoms with Gasteiger partial charge in [0, 0.05) is 30.8 Å². The lowest BCUT2D eigenvalue weighted by Gasteiger charge is -2.27. The molecule has 1 saturated heterocycles. The molecule has 0 saturated carbocycles. The molecule has 1 amide bonds. The quantitative estimate of drug-likeness (QED) is 0.799. The molecular formula is C20H22ClNO2. The number of amides is 1. The Morgan fingerprint density at radius 2 is 1.79 bits per heavy atom. The molecule has 1 heterocycles. The molecule has 0 atom stereocenters. The van der Waals surface area contributed by atoms with Gasteiger partial charge in [-0.1, -0.05) is 29.8 Å². The Bertz CT molecular complexity index is 706. The highest BCUT2D eigenvalue weighted by Gasteiger charge is 2.19. The van der Waals surface area contributed by atoms with Crippen molar-refractivity contribution in [2.75, 3.05) is 20.2 Å². The summed E-state index contributed by atoms with van der Waals surface area (Å²) in [6.45, 7) is 2.19. The number of likely N-dealkylation sites (tertiary alicyclic amines) is 1. The van der Waals surface area contributed by atoms with Crippen LogP contribution in [-0.2, 0) is 11.3 Å². The average Bonchev–Trinajstić information content (AvgIpc) is 2.63. The molecule has 0 N–H and O–H groups in total. The number of benzene rings is 2. The highest BCUT2D eigenvalue weighted by molar-refractivity contribution is 6.30. The molecule has 126 valence electrons. The highest BCUT2D eigenvalue weighted by atomic mass is 35.5. The Kier molecular flexibility index (Phi) is 5.54. The van der Waals surface area contributed by atoms with Gasteiger partial charge in [-0.2, -0.15) is 0 Å². The van der Waals surface area contributed by atoms with Crippen LogP contribution in [0.4, 0.5) is 0 Å². The van der Waals surface area contributed by atoms with Crippen molar-refractivity contribution in [3.8, 4) is 11.1 Å². The van der Waals surface area contributed by atoms with Gasteiger partial charge in [-0.15, -0.1) is 0 Å². The number of ether oxygens (including phenoxy) is 1. The van der Waals surface area contributed by atoms with Gasteiger partial charge in [0.25, 0.3) is 5.91 Å². The number of carbonyl (C=O) groups excluding carboxylic acids is 1. The number of carbonyl (C=O) groups is 1. The van der Waals surface area contributed by atoms with Crippen LogP contribution in [0.25, 0.3) is 11.1 Å². The van der Waals surface area contributed by atoms with Crippen LogP contribution in [-0.4, -0.2) is 31.0 Å². The van der Waals surface area contributed by atoms with E-state index in [9.17, 15) is 4.79 Å². The van der Waals surface area contributed by atoms with E-state index in [0.717, 1.165) is 48.2 Å². The molecule has 1 fully saturated rings. The number of hydrogen-bond donors (Lipinski definition) is 0. The smallest absolute Gasteiger partial charge is 0.253 e. The minimum absolute atomic E-state index is 0.120. The average molecular weight is 344 g/mol. The Morgan fingerprint density at radius 1 is 1.08 bits per heavy atom. The summed E-state index contributed by atoms with van der Waals surface area (Å²) in [4.78, 5) is 14.7. The monoisotopic (exact) mass is 343 g/mol. The first kappa shape index (κ1) is 17.0. The topological polar surface area (TPSA) is 29.5 Å². The summed E-state index contributed by atoms with van der Waals surface area (Å²) in [7, 11) is 1.67. The number of hydrogen-bond acceptors (Lipinski definition) is 2. The fraction of sp³-hybridized carbons (Fsp3) is 0.350. The summed E-state index contributed by atoms with van der Waals surface area (Å²) < 4.78 is 5.34. The zero-order chi connectivity index (χ0) is 16.9. The second-order valence-corrected chi connectivity index (χ2v) is 6.60. The minimum Gasteiger partial charge on any atom is -0.380 e. The van der Waals surface area contributed by atoms with E-state index in [1.165, 1.54) is 6.42 Å². The third-order valence-corrected chi connectivity index (χ3v) is 4.70. The lowest BCUT2D eigenvalue weighted by molar-refractivity contribution is 0.0724. The largest absolute Gasteiger partial charge is 0.380 e. The standard InChI is InChI=1S/C20H22ClNO2/c1-24-14-17-13-16(20(23)22-11-3-2-4-12-22)7-10-19(17)15-5-8-18(21)9-6-15/h5-10,13H,2-4,11-12,14H2,1H3. The van der Waals surface area contributed by atoms with Gasteiger partial charge in [0.2, 0.25) is 0 Å². The molecule has 2 aromatic rings. The molecule has 0 aliphatic carbocycles. The second-order valence-electron chi connectivity index (χ2n) is 6.16. The SMILES string of the molecule is COCc1cc(C(=O)N2CCCCC2)ccc1-c1ccc(Cl)cc1. The van der Waals surface area contributed by atoms with Crippen molar-refractivity contribution in [3.05, 3.63) is 58.6 Å². The molecule has 0 unspecified atom stereocenters. The van der Waals surface area contributed by atoms with Gasteiger partial charge < -0.3 is 9.64 Å². The van der Waals surface area contributed by atoms with E-state index >= 15 is 0 Å². The highest BCUT2D eigenvalue weighted by Crippen LogP contribution is 2.27. The predicted molar refractivity (Wildman–Crippen MR) is 97.4 cm³/mol. The van der Waals surface area contributed by atoms with Crippen molar-refractivity contribution < 1.29 is 9.53 Å². The van der Waals surface area contributed by atoms with Gasteiger partial charge >= 0.3 is 0 Å². The summed E-state index contributed by atoms with van der Waals surface area (Å²) in [6, 6.07) is 13.6. The Balaban J connectivity index is 1.91. The molecule has 0 bridgehead atoms. The lowest BCUT2D eigenvalue weighted by Crippen LogP contribution is -2.35. The van der Waals surface area contributed by atoms with Crippen molar-refractivity contribution in [2.45, 2.75) is 25.9 Å². The van der Waals surface area contributed by atoms with Gasteiger partial charge in [-0.25, -0.2) is 0 Å². The summed E-state index contributed by atoms with van der Waals surface area (Å²) in [6.07, 6.45) is 3.41. The Hall–Kier alpha value is -1.84. The fourth-order valence-electron chi connectivity index (χ4n) is 3.19. The maximum atomic E-state index is 12.7. The molecule has 3 nitrogen and oxygen atoms in total. The van der Waals surface area contributed by atoms with Crippen LogP contribution in [0, 0.1) is 0 Å². The van der Waals surface area contributed by atoms with Gasteiger partial charge in [0.1, 0.15) is 0 Å². The number of rotatable bonds is 4. The van der Waals surface area contributed by atoms with Crippen LogP contribution < -0.4 is 0 Å². The maximum Gasteiger partial charge on any atom is 0.253 e. The van der Waals surface area contributed by atoms with Gasteiger partial charge in [0.05, 0.1) is 6.61 Å². The first-order valence-electron chi connectivity index (χ1n) is 8.36. The van der Waals surface area contributed by atoms with E-state index in [1.807, 2.05) is 47.4 Å². The third-order valence-electron chi connectivity index (χ3n) is 4.45. The van der Waals surface area contributed by atoms with Crippen molar-refractivity contribution >= 4 is 17.5 Å². The van der Waals surface area contributed by atoms with Crippen LogP contribution in [0.5, 0.6) is 0 Å². The molecular weight excluding hydrogens is 322 g/mol. The van der Waals surface area contributed by atoms with Crippen LogP contribution >= 0.6 is 11.6 Å². The van der Waals surface area contributed by atoms with E-state index in [2.05, 4.69) is 0 Å². The molecule has 2 aromatic carbocycles. The first-order valence-corrected chi connectivity index (χ1v) is 8.74. The van der Waals surface area contributed by atoms with Gasteiger partial charge in [0.15, 0.2) is 0 Å². The third kappa shape index (κ3) is 3.80. The summed E-state index contributed by atoms with van der Waals surface area (Å²) >= 11 is 5.98. The van der Waals surface area contributed by atoms with E-state index in [-0.39, 0.29) is 5.91 Å². The second kappa shape index (κ2) is 7.82. The van der Waals surface area contributed by atoms with Crippen molar-refractivity contribution in [1.29, 1.82) is 0 Å². The maximum absolute atomic E-state index is 12.7. The predicted octanol–water partition coefficient (Wildman–Crippen LogP) is 4.78. The zero-order valence-electron chi connectivity index (χ0n) is 13.9. The molecule has 4 heteroatoms. The molecule has 24 heavy (non-hydrogen) atoms.